The van der Waals surface area contributed by atoms with E-state index in [2.05, 4.69) is 0 Å². The lowest BCUT2D eigenvalue weighted by molar-refractivity contribution is 0.344. The van der Waals surface area contributed by atoms with Crippen LogP contribution in [0.5, 0.6) is 5.75 Å². The van der Waals surface area contributed by atoms with Crippen molar-refractivity contribution in [3.63, 3.8) is 0 Å². The first kappa shape index (κ1) is 13.1. The molecule has 2 aromatic rings. The Balaban J connectivity index is 1.76. The molecule has 0 heterocycles. The molecule has 94 valence electrons. The molecule has 2 N–H and O–H groups in total. The second-order valence-electron chi connectivity index (χ2n) is 3.73. The number of anilines is 1. The predicted octanol–water partition coefficient (Wildman–Crippen LogP) is 4.09. The van der Waals surface area contributed by atoms with Gasteiger partial charge in [0.2, 0.25) is 0 Å². The summed E-state index contributed by atoms with van der Waals surface area (Å²) in [5.41, 5.74) is 6.50. The quantitative estimate of drug-likeness (QED) is 0.509. The summed E-state index contributed by atoms with van der Waals surface area (Å²) in [7, 11) is 0. The van der Waals surface area contributed by atoms with Crippen molar-refractivity contribution in [1.82, 2.24) is 0 Å². The molecule has 0 bridgehead atoms. The summed E-state index contributed by atoms with van der Waals surface area (Å²) in [6.07, 6.45) is 0. The highest BCUT2D eigenvalue weighted by Gasteiger charge is 1.97. The molecule has 0 saturated heterocycles. The molecule has 0 atom stereocenters. The van der Waals surface area contributed by atoms with Crippen LogP contribution in [0.4, 0.5) is 5.69 Å². The molecule has 0 spiro atoms. The van der Waals surface area contributed by atoms with Crippen LogP contribution >= 0.6 is 23.4 Å². The van der Waals surface area contributed by atoms with Gasteiger partial charge in [-0.25, -0.2) is 0 Å². The van der Waals surface area contributed by atoms with Gasteiger partial charge in [0, 0.05) is 21.4 Å². The summed E-state index contributed by atoms with van der Waals surface area (Å²) in [4.78, 5) is 1.16. The van der Waals surface area contributed by atoms with Crippen molar-refractivity contribution in [3.05, 3.63) is 53.6 Å². The van der Waals surface area contributed by atoms with Crippen LogP contribution in [0, 0.1) is 0 Å². The summed E-state index contributed by atoms with van der Waals surface area (Å²) < 4.78 is 5.60. The third-order valence-corrected chi connectivity index (χ3v) is 3.47. The first-order valence-electron chi connectivity index (χ1n) is 5.61. The highest BCUT2D eigenvalue weighted by molar-refractivity contribution is 7.99. The average molecular weight is 280 g/mol. The van der Waals surface area contributed by atoms with Gasteiger partial charge < -0.3 is 10.5 Å². The molecule has 0 radical (unpaired) electrons. The molecule has 18 heavy (non-hydrogen) atoms. The molecule has 0 saturated carbocycles. The first-order chi connectivity index (χ1) is 8.74. The van der Waals surface area contributed by atoms with Crippen molar-refractivity contribution < 1.29 is 4.74 Å². The van der Waals surface area contributed by atoms with Crippen molar-refractivity contribution in [2.75, 3.05) is 18.1 Å². The van der Waals surface area contributed by atoms with E-state index in [-0.39, 0.29) is 0 Å². The van der Waals surface area contributed by atoms with Gasteiger partial charge in [0.1, 0.15) is 5.75 Å². The summed E-state index contributed by atoms with van der Waals surface area (Å²) in [5.74, 6) is 1.67. The minimum absolute atomic E-state index is 0.639. The highest BCUT2D eigenvalue weighted by atomic mass is 35.5. The van der Waals surface area contributed by atoms with Crippen molar-refractivity contribution in [2.24, 2.45) is 0 Å². The average Bonchev–Trinajstić information content (AvgIpc) is 2.35. The van der Waals surface area contributed by atoms with Crippen LogP contribution in [0.1, 0.15) is 0 Å². The van der Waals surface area contributed by atoms with Gasteiger partial charge in [-0.2, -0.15) is 0 Å². The molecule has 0 aliphatic heterocycles. The Hall–Kier alpha value is -1.32. The lowest BCUT2D eigenvalue weighted by atomic mass is 10.3. The number of nitrogen functional groups attached to an aromatic ring is 1. The SMILES string of the molecule is Nc1cccc(SCCOc2cccc(Cl)c2)c1. The molecule has 4 heteroatoms. The first-order valence-corrected chi connectivity index (χ1v) is 6.97. The van der Waals surface area contributed by atoms with Crippen molar-refractivity contribution in [3.8, 4) is 5.75 Å². The van der Waals surface area contributed by atoms with Crippen molar-refractivity contribution >= 4 is 29.1 Å². The fraction of sp³-hybridized carbons (Fsp3) is 0.143. The third-order valence-electron chi connectivity index (χ3n) is 2.27. The monoisotopic (exact) mass is 279 g/mol. The maximum atomic E-state index is 5.87. The van der Waals surface area contributed by atoms with Gasteiger partial charge in [-0.15, -0.1) is 11.8 Å². The zero-order chi connectivity index (χ0) is 12.8. The molecule has 0 aliphatic carbocycles. The topological polar surface area (TPSA) is 35.2 Å². The summed E-state index contributed by atoms with van der Waals surface area (Å²) in [6.45, 7) is 0.639. The molecule has 0 aromatic heterocycles. The molecule has 2 rings (SSSR count). The summed E-state index contributed by atoms with van der Waals surface area (Å²) >= 11 is 7.59. The Bertz CT molecular complexity index is 471. The van der Waals surface area contributed by atoms with Crippen LogP contribution < -0.4 is 10.5 Å². The van der Waals surface area contributed by atoms with Gasteiger partial charge in [0.15, 0.2) is 0 Å². The Morgan fingerprint density at radius 3 is 2.72 bits per heavy atom. The number of benzene rings is 2. The molecule has 2 aromatic carbocycles. The summed E-state index contributed by atoms with van der Waals surface area (Å²) in [6, 6.07) is 15.3. The summed E-state index contributed by atoms with van der Waals surface area (Å²) in [5, 5.41) is 0.691. The molecular formula is C14H14ClNOS. The molecule has 2 nitrogen and oxygen atoms in total. The van der Waals surface area contributed by atoms with E-state index in [1.165, 1.54) is 0 Å². The van der Waals surface area contributed by atoms with Crippen molar-refractivity contribution in [2.45, 2.75) is 4.90 Å². The Morgan fingerprint density at radius 2 is 1.94 bits per heavy atom. The fourth-order valence-electron chi connectivity index (χ4n) is 1.48. The van der Waals surface area contributed by atoms with Gasteiger partial charge in [0.25, 0.3) is 0 Å². The van der Waals surface area contributed by atoms with E-state index in [1.807, 2.05) is 48.5 Å². The molecule has 0 fully saturated rings. The lowest BCUT2D eigenvalue weighted by Crippen LogP contribution is -1.99. The van der Waals surface area contributed by atoms with Crippen LogP contribution in [-0.2, 0) is 0 Å². The number of halogens is 1. The van der Waals surface area contributed by atoms with E-state index in [1.54, 1.807) is 11.8 Å². The van der Waals surface area contributed by atoms with E-state index >= 15 is 0 Å². The number of hydrogen-bond donors (Lipinski definition) is 1. The second-order valence-corrected chi connectivity index (χ2v) is 5.33. The molecule has 0 aliphatic rings. The largest absolute Gasteiger partial charge is 0.493 e. The smallest absolute Gasteiger partial charge is 0.120 e. The predicted molar refractivity (Wildman–Crippen MR) is 78.5 cm³/mol. The van der Waals surface area contributed by atoms with Crippen molar-refractivity contribution in [1.29, 1.82) is 0 Å². The van der Waals surface area contributed by atoms with E-state index in [0.29, 0.717) is 11.6 Å². The van der Waals surface area contributed by atoms with Gasteiger partial charge in [-0.1, -0.05) is 23.7 Å². The number of rotatable bonds is 5. The van der Waals surface area contributed by atoms with Gasteiger partial charge in [0.05, 0.1) is 6.61 Å². The highest BCUT2D eigenvalue weighted by Crippen LogP contribution is 2.21. The van der Waals surface area contributed by atoms with Crippen LogP contribution in [0.2, 0.25) is 5.02 Å². The number of ether oxygens (including phenoxy) is 1. The Labute approximate surface area is 116 Å². The molecule has 0 unspecified atom stereocenters. The zero-order valence-electron chi connectivity index (χ0n) is 9.80. The van der Waals surface area contributed by atoms with Crippen LogP contribution in [0.25, 0.3) is 0 Å². The van der Waals surface area contributed by atoms with Gasteiger partial charge >= 0.3 is 0 Å². The maximum Gasteiger partial charge on any atom is 0.120 e. The minimum atomic E-state index is 0.639. The third kappa shape index (κ3) is 4.17. The van der Waals surface area contributed by atoms with E-state index in [0.717, 1.165) is 22.1 Å². The number of nitrogens with two attached hydrogens (primary N) is 1. The lowest BCUT2D eigenvalue weighted by Gasteiger charge is -2.06. The van der Waals surface area contributed by atoms with Gasteiger partial charge in [-0.3, -0.25) is 0 Å². The van der Waals surface area contributed by atoms with Crippen LogP contribution in [0.15, 0.2) is 53.4 Å². The standard InChI is InChI=1S/C14H14ClNOS/c15-11-3-1-5-13(9-11)17-7-8-18-14-6-2-4-12(16)10-14/h1-6,9-10H,7-8,16H2. The minimum Gasteiger partial charge on any atom is -0.493 e. The zero-order valence-corrected chi connectivity index (χ0v) is 11.4. The Kier molecular flexibility index (Phi) is 4.79. The van der Waals surface area contributed by atoms with E-state index < -0.39 is 0 Å². The number of hydrogen-bond acceptors (Lipinski definition) is 3. The molecular weight excluding hydrogens is 266 g/mol. The van der Waals surface area contributed by atoms with Gasteiger partial charge in [-0.05, 0) is 36.4 Å². The maximum absolute atomic E-state index is 5.87. The van der Waals surface area contributed by atoms with Crippen LogP contribution in [-0.4, -0.2) is 12.4 Å². The normalized spacial score (nSPS) is 10.3. The number of thioether (sulfide) groups is 1. The van der Waals surface area contributed by atoms with E-state index in [4.69, 9.17) is 22.1 Å². The van der Waals surface area contributed by atoms with E-state index in [9.17, 15) is 0 Å². The van der Waals surface area contributed by atoms with Crippen LogP contribution in [0.3, 0.4) is 0 Å². The Morgan fingerprint density at radius 1 is 1.11 bits per heavy atom. The fourth-order valence-corrected chi connectivity index (χ4v) is 2.46. The molecule has 0 amide bonds. The second kappa shape index (κ2) is 6.57.